The summed E-state index contributed by atoms with van der Waals surface area (Å²) >= 11 is 0. The zero-order valence-electron chi connectivity index (χ0n) is 16.8. The Labute approximate surface area is 161 Å². The number of ketones is 1. The number of carbonyl (C=O) groups is 1. The van der Waals surface area contributed by atoms with Crippen molar-refractivity contribution in [3.63, 3.8) is 0 Å². The second-order valence-corrected chi connectivity index (χ2v) is 9.28. The largest absolute Gasteiger partial charge is 0.388 e. The Balaban J connectivity index is 1.64. The van der Waals surface area contributed by atoms with Crippen LogP contribution in [-0.2, 0) is 24.0 Å². The third-order valence-electron chi connectivity index (χ3n) is 7.60. The normalized spacial score (nSPS) is 49.8. The minimum absolute atomic E-state index is 0.153. The summed E-state index contributed by atoms with van der Waals surface area (Å²) in [7, 11) is 0. The number of Topliss-reactive ketones (excluding diaryl/α,β-unsaturated/α-hetero) is 1. The molecule has 4 heterocycles. The van der Waals surface area contributed by atoms with Crippen LogP contribution in [0.2, 0.25) is 0 Å². The number of hydrogen-bond donors (Lipinski definition) is 1. The summed E-state index contributed by atoms with van der Waals surface area (Å²) < 4.78 is 12.7. The fraction of sp³-hybridized carbons (Fsp3) is 0.857. The van der Waals surface area contributed by atoms with E-state index in [0.717, 1.165) is 25.7 Å². The fourth-order valence-corrected chi connectivity index (χ4v) is 5.85. The molecule has 4 aliphatic heterocycles. The standard InChI is InChI=1S/C21H32O6/c1-11-6-7-16-13(3)18(10-17(23)12(2)14(4)22)24-19-21(16)15(11)8-9-20(5,25-19)26-27-21/h11,13,15-19,23H,2,6-10H2,1,3-5H3/t11-,13-,15+,16+,17-,18-,19-,20?,21-/m1/s1. The van der Waals surface area contributed by atoms with Gasteiger partial charge < -0.3 is 14.6 Å². The predicted molar refractivity (Wildman–Crippen MR) is 97.3 cm³/mol. The molecule has 1 saturated carbocycles. The van der Waals surface area contributed by atoms with Crippen molar-refractivity contribution >= 4 is 5.78 Å². The monoisotopic (exact) mass is 380 g/mol. The zero-order chi connectivity index (χ0) is 19.6. The van der Waals surface area contributed by atoms with Gasteiger partial charge in [-0.3, -0.25) is 4.79 Å². The van der Waals surface area contributed by atoms with E-state index in [0.29, 0.717) is 18.3 Å². The molecule has 1 aliphatic carbocycles. The van der Waals surface area contributed by atoms with Crippen LogP contribution in [0, 0.1) is 23.7 Å². The average molecular weight is 380 g/mol. The van der Waals surface area contributed by atoms with Crippen molar-refractivity contribution in [3.8, 4) is 0 Å². The van der Waals surface area contributed by atoms with E-state index >= 15 is 0 Å². The molecule has 2 bridgehead atoms. The Morgan fingerprint density at radius 2 is 1.96 bits per heavy atom. The Morgan fingerprint density at radius 1 is 1.22 bits per heavy atom. The van der Waals surface area contributed by atoms with Crippen LogP contribution in [-0.4, -0.2) is 40.8 Å². The minimum atomic E-state index is -0.905. The fourth-order valence-electron chi connectivity index (χ4n) is 5.85. The maximum atomic E-state index is 11.6. The van der Waals surface area contributed by atoms with Crippen molar-refractivity contribution < 1.29 is 29.1 Å². The molecule has 1 spiro atoms. The lowest BCUT2D eigenvalue weighted by Crippen LogP contribution is -2.70. The first-order valence-corrected chi connectivity index (χ1v) is 10.3. The molecule has 0 amide bonds. The van der Waals surface area contributed by atoms with Gasteiger partial charge in [-0.25, -0.2) is 9.78 Å². The summed E-state index contributed by atoms with van der Waals surface area (Å²) in [6, 6.07) is 0. The molecular weight excluding hydrogens is 348 g/mol. The molecule has 0 aromatic carbocycles. The number of aliphatic hydroxyl groups excluding tert-OH is 1. The number of carbonyl (C=O) groups excluding carboxylic acids is 1. The van der Waals surface area contributed by atoms with Gasteiger partial charge in [0.2, 0.25) is 5.79 Å². The van der Waals surface area contributed by atoms with Gasteiger partial charge in [-0.15, -0.1) is 0 Å². The molecule has 152 valence electrons. The molecule has 0 aromatic heterocycles. The molecule has 0 radical (unpaired) electrons. The van der Waals surface area contributed by atoms with E-state index in [9.17, 15) is 9.90 Å². The molecule has 6 nitrogen and oxygen atoms in total. The molecule has 5 aliphatic rings. The van der Waals surface area contributed by atoms with E-state index in [1.165, 1.54) is 6.92 Å². The highest BCUT2D eigenvalue weighted by Crippen LogP contribution is 2.60. The summed E-state index contributed by atoms with van der Waals surface area (Å²) in [6.07, 6.45) is 2.62. The molecule has 27 heavy (non-hydrogen) atoms. The third-order valence-corrected chi connectivity index (χ3v) is 7.60. The molecular formula is C21H32O6. The molecule has 9 atom stereocenters. The number of hydrogen-bond acceptors (Lipinski definition) is 6. The Bertz CT molecular complexity index is 634. The Kier molecular flexibility index (Phi) is 4.79. The molecule has 1 N–H and O–H groups in total. The van der Waals surface area contributed by atoms with E-state index in [1.54, 1.807) is 0 Å². The number of ether oxygens (including phenoxy) is 2. The van der Waals surface area contributed by atoms with Crippen LogP contribution in [0.5, 0.6) is 0 Å². The van der Waals surface area contributed by atoms with E-state index in [-0.39, 0.29) is 29.3 Å². The predicted octanol–water partition coefficient (Wildman–Crippen LogP) is 3.13. The lowest BCUT2D eigenvalue weighted by atomic mass is 9.57. The Morgan fingerprint density at radius 3 is 2.67 bits per heavy atom. The van der Waals surface area contributed by atoms with Gasteiger partial charge in [0, 0.05) is 24.3 Å². The van der Waals surface area contributed by atoms with Gasteiger partial charge in [-0.05, 0) is 50.9 Å². The van der Waals surface area contributed by atoms with Gasteiger partial charge in [0.1, 0.15) is 0 Å². The van der Waals surface area contributed by atoms with Gasteiger partial charge in [-0.1, -0.05) is 20.4 Å². The maximum absolute atomic E-state index is 11.6. The van der Waals surface area contributed by atoms with Crippen LogP contribution in [0.15, 0.2) is 12.2 Å². The zero-order valence-corrected chi connectivity index (χ0v) is 16.8. The van der Waals surface area contributed by atoms with Crippen molar-refractivity contribution in [2.45, 2.75) is 89.7 Å². The summed E-state index contributed by atoms with van der Waals surface area (Å²) in [5.74, 6) is 0.230. The van der Waals surface area contributed by atoms with Crippen molar-refractivity contribution in [1.82, 2.24) is 0 Å². The van der Waals surface area contributed by atoms with E-state index < -0.39 is 23.8 Å². The second kappa shape index (κ2) is 6.63. The first-order valence-electron chi connectivity index (χ1n) is 10.3. The first kappa shape index (κ1) is 19.5. The third kappa shape index (κ3) is 2.92. The van der Waals surface area contributed by atoms with Crippen LogP contribution in [0.3, 0.4) is 0 Å². The highest BCUT2D eigenvalue weighted by Gasteiger charge is 2.69. The highest BCUT2D eigenvalue weighted by atomic mass is 17.3. The van der Waals surface area contributed by atoms with Crippen molar-refractivity contribution in [3.05, 3.63) is 12.2 Å². The van der Waals surface area contributed by atoms with Gasteiger partial charge in [-0.2, -0.15) is 0 Å². The lowest BCUT2D eigenvalue weighted by molar-refractivity contribution is -0.571. The molecule has 5 rings (SSSR count). The lowest BCUT2D eigenvalue weighted by Gasteiger charge is -2.60. The summed E-state index contributed by atoms with van der Waals surface area (Å²) in [5.41, 5.74) is -0.359. The molecule has 4 saturated heterocycles. The minimum Gasteiger partial charge on any atom is -0.388 e. The summed E-state index contributed by atoms with van der Waals surface area (Å²) in [5, 5.41) is 10.5. The van der Waals surface area contributed by atoms with Gasteiger partial charge in [0.05, 0.1) is 12.2 Å². The number of aliphatic hydroxyl groups is 1. The molecule has 1 unspecified atom stereocenters. The number of rotatable bonds is 4. The van der Waals surface area contributed by atoms with E-state index in [1.807, 2.05) is 6.92 Å². The van der Waals surface area contributed by atoms with Gasteiger partial charge in [0.25, 0.3) is 0 Å². The molecule has 0 aromatic rings. The summed E-state index contributed by atoms with van der Waals surface area (Å²) in [4.78, 5) is 23.5. The van der Waals surface area contributed by atoms with Crippen molar-refractivity contribution in [2.75, 3.05) is 0 Å². The SMILES string of the molecule is C=C(C(C)=O)[C@H](O)C[C@H]1O[C@@H]2OC3(C)CC[C@H]4[C@H](C)CC[C@@H]([C@H]1C)[C@@]24OO3. The van der Waals surface area contributed by atoms with E-state index in [4.69, 9.17) is 19.2 Å². The van der Waals surface area contributed by atoms with Gasteiger partial charge >= 0.3 is 0 Å². The van der Waals surface area contributed by atoms with Crippen LogP contribution in [0.4, 0.5) is 0 Å². The Hall–Kier alpha value is -0.790. The van der Waals surface area contributed by atoms with E-state index in [2.05, 4.69) is 20.4 Å². The number of fused-ring (bicyclic) bond motifs is 2. The average Bonchev–Trinajstić information content (AvgIpc) is 2.84. The van der Waals surface area contributed by atoms with Crippen LogP contribution >= 0.6 is 0 Å². The topological polar surface area (TPSA) is 74.2 Å². The first-order chi connectivity index (χ1) is 12.7. The van der Waals surface area contributed by atoms with Crippen molar-refractivity contribution in [2.24, 2.45) is 23.7 Å². The van der Waals surface area contributed by atoms with Crippen LogP contribution < -0.4 is 0 Å². The quantitative estimate of drug-likeness (QED) is 0.597. The maximum Gasteiger partial charge on any atom is 0.201 e. The van der Waals surface area contributed by atoms with Gasteiger partial charge in [0.15, 0.2) is 17.7 Å². The van der Waals surface area contributed by atoms with Crippen molar-refractivity contribution in [1.29, 1.82) is 0 Å². The molecule has 6 heteroatoms. The highest BCUT2D eigenvalue weighted by molar-refractivity contribution is 5.93. The second-order valence-electron chi connectivity index (χ2n) is 9.28. The molecule has 5 fully saturated rings. The smallest absolute Gasteiger partial charge is 0.201 e. The summed E-state index contributed by atoms with van der Waals surface area (Å²) in [6.45, 7) is 11.5. The van der Waals surface area contributed by atoms with Crippen LogP contribution in [0.25, 0.3) is 0 Å². The van der Waals surface area contributed by atoms with Crippen LogP contribution in [0.1, 0.15) is 59.8 Å².